The quantitative estimate of drug-likeness (QED) is 0.407. The fourth-order valence-electron chi connectivity index (χ4n) is 3.95. The molecule has 9 heteroatoms. The van der Waals surface area contributed by atoms with Gasteiger partial charge in [0.1, 0.15) is 11.6 Å². The van der Waals surface area contributed by atoms with E-state index in [1.165, 1.54) is 13.8 Å². The first-order valence-corrected chi connectivity index (χ1v) is 11.0. The van der Waals surface area contributed by atoms with Crippen molar-refractivity contribution in [1.29, 1.82) is 0 Å². The van der Waals surface area contributed by atoms with E-state index in [1.54, 1.807) is 0 Å². The van der Waals surface area contributed by atoms with Gasteiger partial charge < -0.3 is 24.3 Å². The van der Waals surface area contributed by atoms with Crippen LogP contribution in [0.5, 0.6) is 11.5 Å². The van der Waals surface area contributed by atoms with Crippen molar-refractivity contribution in [3.05, 3.63) is 58.9 Å². The Bertz CT molecular complexity index is 2010. The Morgan fingerprint density at radius 1 is 1.24 bits per heavy atom. The zero-order valence-electron chi connectivity index (χ0n) is 33.7. The number of benzene rings is 2. The summed E-state index contributed by atoms with van der Waals surface area (Å²) in [5.41, 5.74) is -8.23. The van der Waals surface area contributed by atoms with Gasteiger partial charge in [0.2, 0.25) is 0 Å². The molecule has 1 aliphatic heterocycles. The summed E-state index contributed by atoms with van der Waals surface area (Å²) in [6, 6.07) is -6.65. The lowest BCUT2D eigenvalue weighted by Gasteiger charge is -2.26. The molecule has 3 aromatic rings. The Labute approximate surface area is 232 Å². The number of ether oxygens (including phenoxy) is 2. The van der Waals surface area contributed by atoms with Gasteiger partial charge in [0.15, 0.2) is 11.5 Å². The number of hydrogen-bond acceptors (Lipinski definition) is 5. The lowest BCUT2D eigenvalue weighted by atomic mass is 9.86. The standard InChI is InChI=1S/C28H30F3NO5/c1-4-26(2,3)24-10-17-9-16(20(29)13-21(17)32(24)14-19(34)15-33)11-25(35)27(7-8-27)18-5-6-22-23(12-18)37-28(30,31)36-22/h5-6,9-10,12-13,19,33-34H,4,7-8,11,14-15H2,1-3H3/t19-/m1/s1/i4D2,5D,6D,7D2,8D2,9D,10D,12D,13D,15D2. The van der Waals surface area contributed by atoms with Gasteiger partial charge in [-0.2, -0.15) is 0 Å². The fourth-order valence-corrected chi connectivity index (χ4v) is 3.95. The molecule has 1 atom stereocenters. The number of fused-ring (bicyclic) bond motifs is 2. The Balaban J connectivity index is 1.77. The van der Waals surface area contributed by atoms with Gasteiger partial charge >= 0.3 is 6.29 Å². The summed E-state index contributed by atoms with van der Waals surface area (Å²) in [6.07, 6.45) is -17.0. The SMILES string of the molecule is [2H]c1c([2H])c(C2(C(=O)Cc3c(F)c([2H])c4c(c3[2H])c([2H])c(C(C)(C)C([2H])([2H])C)n4C[C@@H](O)C([2H])([2H])O)C([2H])([2H])C2([2H])[2H])c([2H])c2c1OC(F)(F)O2. The van der Waals surface area contributed by atoms with Crippen LogP contribution in [0.15, 0.2) is 36.3 Å². The molecular weight excluding hydrogens is 487 g/mol. The topological polar surface area (TPSA) is 80.9 Å². The van der Waals surface area contributed by atoms with Crippen LogP contribution < -0.4 is 9.47 Å². The first-order valence-electron chi connectivity index (χ1n) is 18.0. The van der Waals surface area contributed by atoms with E-state index in [0.717, 1.165) is 11.5 Å². The van der Waals surface area contributed by atoms with Crippen molar-refractivity contribution in [2.75, 3.05) is 6.56 Å². The molecular formula is C28H30F3NO5. The monoisotopic (exact) mass is 531 g/mol. The number of Topliss-reactive ketones (excluding diaryl/α,β-unsaturated/α-hetero) is 1. The number of aromatic nitrogens is 1. The molecule has 0 saturated heterocycles. The third kappa shape index (κ3) is 4.48. The van der Waals surface area contributed by atoms with E-state index in [9.17, 15) is 23.8 Å². The summed E-state index contributed by atoms with van der Waals surface area (Å²) in [7, 11) is 0. The highest BCUT2D eigenvalue weighted by molar-refractivity contribution is 5.95. The van der Waals surface area contributed by atoms with Crippen LogP contribution in [0.1, 0.15) is 75.9 Å². The van der Waals surface area contributed by atoms with Crippen molar-refractivity contribution in [3.8, 4) is 11.5 Å². The van der Waals surface area contributed by atoms with Gasteiger partial charge in [-0.15, -0.1) is 8.78 Å². The number of aliphatic hydroxyl groups is 2. The normalized spacial score (nSPS) is 27.2. The second-order valence-electron chi connectivity index (χ2n) is 9.05. The van der Waals surface area contributed by atoms with Gasteiger partial charge in [-0.3, -0.25) is 4.79 Å². The lowest BCUT2D eigenvalue weighted by Crippen LogP contribution is -2.26. The fraction of sp³-hybridized carbons (Fsp3) is 0.464. The first kappa shape index (κ1) is 13.7. The van der Waals surface area contributed by atoms with E-state index in [-0.39, 0.29) is 5.69 Å². The van der Waals surface area contributed by atoms with Crippen LogP contribution in [0.4, 0.5) is 13.2 Å². The zero-order valence-corrected chi connectivity index (χ0v) is 19.7. The predicted octanol–water partition coefficient (Wildman–Crippen LogP) is 4.99. The Morgan fingerprint density at radius 3 is 2.59 bits per heavy atom. The van der Waals surface area contributed by atoms with Crippen LogP contribution in [0.3, 0.4) is 0 Å². The van der Waals surface area contributed by atoms with E-state index in [0.29, 0.717) is 0 Å². The number of carbonyl (C=O) groups excluding carboxylic acids is 1. The summed E-state index contributed by atoms with van der Waals surface area (Å²) in [5, 5.41) is 19.6. The lowest BCUT2D eigenvalue weighted by molar-refractivity contribution is -0.286. The van der Waals surface area contributed by atoms with Gasteiger partial charge in [-0.25, -0.2) is 4.39 Å². The second-order valence-corrected chi connectivity index (χ2v) is 9.05. The van der Waals surface area contributed by atoms with Crippen molar-refractivity contribution < 1.29 is 56.8 Å². The third-order valence-electron chi connectivity index (χ3n) is 6.20. The number of ketones is 1. The molecule has 2 aromatic carbocycles. The maximum Gasteiger partial charge on any atom is 0.586 e. The molecule has 0 spiro atoms. The highest BCUT2D eigenvalue weighted by atomic mass is 19.3. The van der Waals surface area contributed by atoms with Crippen LogP contribution in [-0.2, 0) is 28.6 Å². The van der Waals surface area contributed by atoms with Gasteiger partial charge in [0.25, 0.3) is 0 Å². The molecule has 5 rings (SSSR count). The summed E-state index contributed by atoms with van der Waals surface area (Å²) < 4.78 is 170. The van der Waals surface area contributed by atoms with E-state index >= 15 is 4.39 Å². The maximum absolute atomic E-state index is 16.3. The second kappa shape index (κ2) is 8.77. The van der Waals surface area contributed by atoms with Crippen molar-refractivity contribution in [3.63, 3.8) is 0 Å². The smallest absolute Gasteiger partial charge is 0.395 e. The van der Waals surface area contributed by atoms with Crippen LogP contribution in [0.2, 0.25) is 0 Å². The molecule has 2 aliphatic rings. The van der Waals surface area contributed by atoms with Crippen LogP contribution in [0, 0.1) is 5.82 Å². The third-order valence-corrected chi connectivity index (χ3v) is 6.20. The van der Waals surface area contributed by atoms with Crippen molar-refractivity contribution >= 4 is 16.7 Å². The Hall–Kier alpha value is -3.04. The molecule has 0 bridgehead atoms. The van der Waals surface area contributed by atoms with Crippen molar-refractivity contribution in [1.82, 2.24) is 4.57 Å². The average Bonchev–Trinajstić information content (AvgIpc) is 3.25. The molecule has 2 heterocycles. The molecule has 1 fully saturated rings. The van der Waals surface area contributed by atoms with Crippen molar-refractivity contribution in [2.24, 2.45) is 0 Å². The van der Waals surface area contributed by atoms with Crippen LogP contribution in [-0.4, -0.2) is 39.5 Å². The number of halogens is 3. The molecule has 0 amide bonds. The Kier molecular flexibility index (Phi) is 3.24. The molecule has 1 saturated carbocycles. The van der Waals surface area contributed by atoms with Crippen LogP contribution >= 0.6 is 0 Å². The molecule has 1 aromatic heterocycles. The minimum absolute atomic E-state index is 0.373. The summed E-state index contributed by atoms with van der Waals surface area (Å²) >= 11 is 0. The largest absolute Gasteiger partial charge is 0.586 e. The summed E-state index contributed by atoms with van der Waals surface area (Å²) in [5.74, 6) is -5.60. The number of nitrogens with zero attached hydrogens (tertiary/aromatic N) is 1. The van der Waals surface area contributed by atoms with E-state index in [2.05, 4.69) is 9.47 Å². The van der Waals surface area contributed by atoms with Crippen LogP contribution in [0.25, 0.3) is 10.9 Å². The molecule has 37 heavy (non-hydrogen) atoms. The molecule has 1 aliphatic carbocycles. The number of aliphatic hydroxyl groups excluding tert-OH is 1. The molecule has 0 unspecified atom stereocenters. The molecule has 0 radical (unpaired) electrons. The van der Waals surface area contributed by atoms with Crippen molar-refractivity contribution in [2.45, 2.75) is 76.1 Å². The summed E-state index contributed by atoms with van der Waals surface area (Å²) in [4.78, 5) is 14.2. The first-order chi connectivity index (χ1) is 22.8. The number of hydrogen-bond donors (Lipinski definition) is 2. The average molecular weight is 532 g/mol. The highest BCUT2D eigenvalue weighted by Gasteiger charge is 2.52. The highest BCUT2D eigenvalue weighted by Crippen LogP contribution is 2.52. The van der Waals surface area contributed by atoms with E-state index in [1.807, 2.05) is 0 Å². The number of rotatable bonds is 9. The van der Waals surface area contributed by atoms with Gasteiger partial charge in [0, 0.05) is 31.1 Å². The van der Waals surface area contributed by atoms with Gasteiger partial charge in [-0.05, 0) is 60.5 Å². The number of carbonyl (C=O) groups is 1. The Morgan fingerprint density at radius 2 is 1.95 bits per heavy atom. The summed E-state index contributed by atoms with van der Waals surface area (Å²) in [6.45, 7) is -0.554. The van der Waals surface area contributed by atoms with Gasteiger partial charge in [0.05, 0.1) is 41.1 Å². The molecule has 2 N–H and O–H groups in total. The minimum Gasteiger partial charge on any atom is -0.395 e. The number of alkyl halides is 2. The zero-order chi connectivity index (χ0) is 39.1. The van der Waals surface area contributed by atoms with E-state index < -0.39 is 143 Å². The minimum atomic E-state index is -4.44. The maximum atomic E-state index is 16.3. The van der Waals surface area contributed by atoms with E-state index in [4.69, 9.17) is 19.2 Å². The van der Waals surface area contributed by atoms with Gasteiger partial charge in [-0.1, -0.05) is 26.8 Å². The molecule has 6 nitrogen and oxygen atoms in total. The predicted molar refractivity (Wildman–Crippen MR) is 131 cm³/mol. The molecule has 198 valence electrons.